The minimum absolute atomic E-state index is 0.120. The maximum absolute atomic E-state index is 12.2. The third kappa shape index (κ3) is 4.30. The molecule has 0 saturated heterocycles. The number of thioether (sulfide) groups is 1. The van der Waals surface area contributed by atoms with Gasteiger partial charge in [0.1, 0.15) is 0 Å². The largest absolute Gasteiger partial charge is 0.385 e. The molecule has 3 aromatic rings. The smallest absolute Gasteiger partial charge is 0.350 e. The summed E-state index contributed by atoms with van der Waals surface area (Å²) in [6, 6.07) is 9.60. The molecule has 1 aromatic carbocycles. The van der Waals surface area contributed by atoms with Crippen LogP contribution in [0.15, 0.2) is 46.5 Å². The molecule has 0 unspecified atom stereocenters. The highest BCUT2D eigenvalue weighted by Gasteiger charge is 2.13. The fourth-order valence-electron chi connectivity index (χ4n) is 2.39. The van der Waals surface area contributed by atoms with Crippen molar-refractivity contribution in [2.45, 2.75) is 11.6 Å². The Balaban J connectivity index is 1.74. The molecule has 0 aliphatic heterocycles. The van der Waals surface area contributed by atoms with E-state index in [-0.39, 0.29) is 17.3 Å². The SMILES string of the molecule is COCCCNC(=O)CSc1nc2c(-c3ccccc3)cnn2c(=O)[nH]1. The van der Waals surface area contributed by atoms with Crippen molar-refractivity contribution in [2.75, 3.05) is 26.0 Å². The lowest BCUT2D eigenvalue weighted by Crippen LogP contribution is -2.27. The number of benzene rings is 1. The quantitative estimate of drug-likeness (QED) is 0.456. The summed E-state index contributed by atoms with van der Waals surface area (Å²) in [6.07, 6.45) is 2.37. The average Bonchev–Trinajstić information content (AvgIpc) is 3.09. The predicted octanol–water partition coefficient (Wildman–Crippen LogP) is 1.33. The second-order valence-electron chi connectivity index (χ2n) is 5.49. The molecule has 0 bridgehead atoms. The summed E-state index contributed by atoms with van der Waals surface area (Å²) in [5.41, 5.74) is 1.76. The topological polar surface area (TPSA) is 101 Å². The second-order valence-corrected chi connectivity index (χ2v) is 6.46. The second kappa shape index (κ2) is 8.63. The van der Waals surface area contributed by atoms with E-state index in [1.807, 2.05) is 30.3 Å². The Morgan fingerprint density at radius 1 is 1.35 bits per heavy atom. The van der Waals surface area contributed by atoms with Crippen LogP contribution in [0, 0.1) is 0 Å². The minimum atomic E-state index is -0.389. The summed E-state index contributed by atoms with van der Waals surface area (Å²) in [5, 5.41) is 7.28. The summed E-state index contributed by atoms with van der Waals surface area (Å²) in [7, 11) is 1.62. The fraction of sp³-hybridized carbons (Fsp3) is 0.294. The molecule has 0 radical (unpaired) electrons. The number of methoxy groups -OCH3 is 1. The molecule has 0 saturated carbocycles. The Labute approximate surface area is 154 Å². The maximum atomic E-state index is 12.2. The van der Waals surface area contributed by atoms with Crippen LogP contribution >= 0.6 is 11.8 Å². The Kier molecular flexibility index (Phi) is 6.03. The number of hydrogen-bond acceptors (Lipinski definition) is 6. The van der Waals surface area contributed by atoms with Crippen LogP contribution in [0.4, 0.5) is 0 Å². The Hall–Kier alpha value is -2.65. The molecule has 1 amide bonds. The molecule has 0 atom stereocenters. The van der Waals surface area contributed by atoms with Gasteiger partial charge in [0.05, 0.1) is 11.9 Å². The monoisotopic (exact) mass is 373 g/mol. The van der Waals surface area contributed by atoms with Crippen LogP contribution in [0.3, 0.4) is 0 Å². The zero-order chi connectivity index (χ0) is 18.4. The number of fused-ring (bicyclic) bond motifs is 1. The van der Waals surface area contributed by atoms with E-state index in [9.17, 15) is 9.59 Å². The standard InChI is InChI=1S/C17H19N5O3S/c1-25-9-5-8-18-14(23)11-26-16-20-15-13(12-6-3-2-4-7-12)10-19-22(15)17(24)21-16/h2-4,6-7,10H,5,8-9,11H2,1H3,(H,18,23)(H,20,21,24). The molecule has 3 rings (SSSR count). The van der Waals surface area contributed by atoms with Crippen molar-refractivity contribution in [3.63, 3.8) is 0 Å². The Morgan fingerprint density at radius 2 is 2.15 bits per heavy atom. The number of aromatic nitrogens is 4. The van der Waals surface area contributed by atoms with Crippen molar-refractivity contribution in [1.29, 1.82) is 0 Å². The van der Waals surface area contributed by atoms with Crippen LogP contribution in [0.5, 0.6) is 0 Å². The van der Waals surface area contributed by atoms with Gasteiger partial charge in [0.2, 0.25) is 5.91 Å². The zero-order valence-electron chi connectivity index (χ0n) is 14.3. The molecule has 0 aliphatic rings. The van der Waals surface area contributed by atoms with Crippen LogP contribution in [0.25, 0.3) is 16.8 Å². The summed E-state index contributed by atoms with van der Waals surface area (Å²) in [5.74, 6) is 0.0476. The summed E-state index contributed by atoms with van der Waals surface area (Å²) >= 11 is 1.18. The number of nitrogens with zero attached hydrogens (tertiary/aromatic N) is 3. The number of ether oxygens (including phenoxy) is 1. The van der Waals surface area contributed by atoms with Gasteiger partial charge in [0.15, 0.2) is 10.8 Å². The Morgan fingerprint density at radius 3 is 2.92 bits per heavy atom. The van der Waals surface area contributed by atoms with E-state index < -0.39 is 0 Å². The van der Waals surface area contributed by atoms with E-state index in [0.29, 0.717) is 24.0 Å². The number of aromatic amines is 1. The normalized spacial score (nSPS) is 11.0. The zero-order valence-corrected chi connectivity index (χ0v) is 15.1. The van der Waals surface area contributed by atoms with E-state index in [4.69, 9.17) is 4.74 Å². The fourth-order valence-corrected chi connectivity index (χ4v) is 3.07. The van der Waals surface area contributed by atoms with E-state index in [1.54, 1.807) is 13.3 Å². The predicted molar refractivity (Wildman–Crippen MR) is 99.3 cm³/mol. The lowest BCUT2D eigenvalue weighted by molar-refractivity contribution is -0.118. The molecule has 0 fully saturated rings. The first kappa shape index (κ1) is 18.2. The Bertz CT molecular complexity index is 938. The minimum Gasteiger partial charge on any atom is -0.385 e. The van der Waals surface area contributed by atoms with Gasteiger partial charge in [-0.25, -0.2) is 9.78 Å². The van der Waals surface area contributed by atoms with Gasteiger partial charge in [-0.05, 0) is 12.0 Å². The van der Waals surface area contributed by atoms with Gasteiger partial charge in [0, 0.05) is 25.8 Å². The van der Waals surface area contributed by atoms with Crippen LogP contribution in [-0.4, -0.2) is 51.5 Å². The highest BCUT2D eigenvalue weighted by atomic mass is 32.2. The third-order valence-corrected chi connectivity index (χ3v) is 4.50. The first-order chi connectivity index (χ1) is 12.7. The first-order valence-electron chi connectivity index (χ1n) is 8.11. The van der Waals surface area contributed by atoms with E-state index in [1.165, 1.54) is 16.3 Å². The van der Waals surface area contributed by atoms with Crippen LogP contribution in [-0.2, 0) is 9.53 Å². The van der Waals surface area contributed by atoms with Gasteiger partial charge in [0.25, 0.3) is 0 Å². The molecular weight excluding hydrogens is 354 g/mol. The van der Waals surface area contributed by atoms with Crippen molar-refractivity contribution in [1.82, 2.24) is 24.9 Å². The average molecular weight is 373 g/mol. The first-order valence-corrected chi connectivity index (χ1v) is 9.09. The van der Waals surface area contributed by atoms with Crippen molar-refractivity contribution >= 4 is 23.3 Å². The van der Waals surface area contributed by atoms with Crippen LogP contribution in [0.2, 0.25) is 0 Å². The van der Waals surface area contributed by atoms with Gasteiger partial charge in [-0.3, -0.25) is 9.78 Å². The maximum Gasteiger partial charge on any atom is 0.350 e. The molecule has 2 N–H and O–H groups in total. The lowest BCUT2D eigenvalue weighted by Gasteiger charge is -2.05. The summed E-state index contributed by atoms with van der Waals surface area (Å²) < 4.78 is 6.15. The van der Waals surface area contributed by atoms with Crippen molar-refractivity contribution in [2.24, 2.45) is 0 Å². The molecular formula is C17H19N5O3S. The number of carbonyl (C=O) groups excluding carboxylic acids is 1. The number of rotatable bonds is 8. The number of amides is 1. The third-order valence-electron chi connectivity index (χ3n) is 3.63. The number of hydrogen-bond donors (Lipinski definition) is 2. The molecule has 26 heavy (non-hydrogen) atoms. The van der Waals surface area contributed by atoms with Crippen molar-refractivity contribution in [3.05, 3.63) is 47.0 Å². The summed E-state index contributed by atoms with van der Waals surface area (Å²) in [6.45, 7) is 1.15. The molecule has 0 spiro atoms. The van der Waals surface area contributed by atoms with Crippen LogP contribution < -0.4 is 11.0 Å². The number of carbonyl (C=O) groups is 1. The van der Waals surface area contributed by atoms with Gasteiger partial charge >= 0.3 is 5.69 Å². The van der Waals surface area contributed by atoms with Crippen LogP contribution in [0.1, 0.15) is 6.42 Å². The van der Waals surface area contributed by atoms with Gasteiger partial charge in [-0.1, -0.05) is 42.1 Å². The van der Waals surface area contributed by atoms with E-state index in [0.717, 1.165) is 17.5 Å². The van der Waals surface area contributed by atoms with E-state index in [2.05, 4.69) is 20.4 Å². The lowest BCUT2D eigenvalue weighted by atomic mass is 10.1. The molecule has 8 nitrogen and oxygen atoms in total. The number of nitrogens with one attached hydrogen (secondary N) is 2. The van der Waals surface area contributed by atoms with E-state index >= 15 is 0 Å². The molecule has 0 aliphatic carbocycles. The van der Waals surface area contributed by atoms with Gasteiger partial charge < -0.3 is 10.1 Å². The van der Waals surface area contributed by atoms with Crippen molar-refractivity contribution < 1.29 is 9.53 Å². The summed E-state index contributed by atoms with van der Waals surface area (Å²) in [4.78, 5) is 31.2. The molecule has 2 aromatic heterocycles. The molecule has 9 heteroatoms. The highest BCUT2D eigenvalue weighted by Crippen LogP contribution is 2.23. The highest BCUT2D eigenvalue weighted by molar-refractivity contribution is 7.99. The van der Waals surface area contributed by atoms with Gasteiger partial charge in [-0.2, -0.15) is 9.61 Å². The number of H-pyrrole nitrogens is 1. The molecule has 136 valence electrons. The van der Waals surface area contributed by atoms with Gasteiger partial charge in [-0.15, -0.1) is 0 Å². The van der Waals surface area contributed by atoms with Crippen molar-refractivity contribution in [3.8, 4) is 11.1 Å². The molecule has 2 heterocycles.